The Morgan fingerprint density at radius 2 is 1.81 bits per heavy atom. The molecule has 2 N–H and O–H groups in total. The Kier molecular flexibility index (Phi) is 3.82. The smallest absolute Gasteiger partial charge is 0.308 e. The highest BCUT2D eigenvalue weighted by Crippen LogP contribution is 2.30. The van der Waals surface area contributed by atoms with Crippen LogP contribution in [-0.4, -0.2) is 36.4 Å². The summed E-state index contributed by atoms with van der Waals surface area (Å²) >= 11 is 0. The normalized spacial score (nSPS) is 38.9. The third kappa shape index (κ3) is 2.74. The highest BCUT2D eigenvalue weighted by molar-refractivity contribution is 5.73. The molecule has 0 spiro atoms. The van der Waals surface area contributed by atoms with Gasteiger partial charge in [-0.15, -0.1) is 0 Å². The molecule has 2 aliphatic carbocycles. The lowest BCUT2D eigenvalue weighted by Gasteiger charge is -2.38. The lowest BCUT2D eigenvalue weighted by molar-refractivity contribution is -0.149. The fraction of sp³-hybridized carbons (Fsp3) is 0.917. The number of aliphatic hydroxyl groups excluding tert-OH is 1. The Labute approximate surface area is 96.4 Å². The summed E-state index contributed by atoms with van der Waals surface area (Å²) in [6, 6.07) is 1.01. The first-order chi connectivity index (χ1) is 7.69. The quantitative estimate of drug-likeness (QED) is 0.701. The molecular weight excluding hydrogens is 206 g/mol. The highest BCUT2D eigenvalue weighted by atomic mass is 16.5. The van der Waals surface area contributed by atoms with Gasteiger partial charge >= 0.3 is 5.97 Å². The molecule has 0 aliphatic heterocycles. The summed E-state index contributed by atoms with van der Waals surface area (Å²) in [7, 11) is 1.45. The third-order valence-electron chi connectivity index (χ3n) is 3.84. The molecule has 4 heteroatoms. The first-order valence-corrected chi connectivity index (χ1v) is 6.21. The third-order valence-corrected chi connectivity index (χ3v) is 3.84. The van der Waals surface area contributed by atoms with Crippen LogP contribution in [0, 0.1) is 5.92 Å². The Bertz CT molecular complexity index is 243. The molecule has 2 rings (SSSR count). The summed E-state index contributed by atoms with van der Waals surface area (Å²) in [6.07, 6.45) is 5.65. The van der Waals surface area contributed by atoms with E-state index in [1.54, 1.807) is 0 Å². The number of carbonyl (C=O) groups is 1. The maximum atomic E-state index is 11.2. The first-order valence-electron chi connectivity index (χ1n) is 6.21. The van der Waals surface area contributed by atoms with E-state index in [-0.39, 0.29) is 18.0 Å². The van der Waals surface area contributed by atoms with Crippen LogP contribution in [0.25, 0.3) is 0 Å². The van der Waals surface area contributed by atoms with Crippen LogP contribution in [-0.2, 0) is 9.53 Å². The van der Waals surface area contributed by atoms with E-state index >= 15 is 0 Å². The van der Waals surface area contributed by atoms with Crippen LogP contribution in [0.5, 0.6) is 0 Å². The molecule has 0 aromatic rings. The van der Waals surface area contributed by atoms with Gasteiger partial charge in [0.2, 0.25) is 0 Å². The van der Waals surface area contributed by atoms with Crippen molar-refractivity contribution in [3.8, 4) is 0 Å². The molecule has 4 nitrogen and oxygen atoms in total. The Balaban J connectivity index is 1.64. The SMILES string of the molecule is COC(=O)C1CC(NC2CCC(O)CC2)C1. The van der Waals surface area contributed by atoms with Gasteiger partial charge in [-0.05, 0) is 38.5 Å². The lowest BCUT2D eigenvalue weighted by atomic mass is 9.79. The monoisotopic (exact) mass is 227 g/mol. The summed E-state index contributed by atoms with van der Waals surface area (Å²) in [4.78, 5) is 11.2. The fourth-order valence-corrected chi connectivity index (χ4v) is 2.69. The molecule has 16 heavy (non-hydrogen) atoms. The van der Waals surface area contributed by atoms with E-state index in [9.17, 15) is 9.90 Å². The summed E-state index contributed by atoms with van der Waals surface area (Å²) in [5.74, 6) is 0.0359. The average molecular weight is 227 g/mol. The zero-order valence-electron chi connectivity index (χ0n) is 9.82. The predicted octanol–water partition coefficient (Wildman–Crippen LogP) is 0.831. The van der Waals surface area contributed by atoms with Gasteiger partial charge < -0.3 is 15.2 Å². The average Bonchev–Trinajstić information content (AvgIpc) is 2.24. The van der Waals surface area contributed by atoms with Crippen LogP contribution >= 0.6 is 0 Å². The van der Waals surface area contributed by atoms with E-state index in [0.717, 1.165) is 38.5 Å². The minimum atomic E-state index is -0.0951. The van der Waals surface area contributed by atoms with Gasteiger partial charge in [-0.2, -0.15) is 0 Å². The van der Waals surface area contributed by atoms with E-state index in [4.69, 9.17) is 4.74 Å². The molecule has 92 valence electrons. The number of methoxy groups -OCH3 is 1. The summed E-state index contributed by atoms with van der Waals surface area (Å²) in [5.41, 5.74) is 0. The van der Waals surface area contributed by atoms with Crippen molar-refractivity contribution in [3.63, 3.8) is 0 Å². The fourth-order valence-electron chi connectivity index (χ4n) is 2.69. The highest BCUT2D eigenvalue weighted by Gasteiger charge is 2.36. The van der Waals surface area contributed by atoms with E-state index in [0.29, 0.717) is 12.1 Å². The standard InChI is InChI=1S/C12H21NO3/c1-16-12(15)8-6-10(7-8)13-9-2-4-11(14)5-3-9/h8-11,13-14H,2-7H2,1H3. The number of hydrogen-bond acceptors (Lipinski definition) is 4. The molecule has 2 saturated carbocycles. The van der Waals surface area contributed by atoms with Crippen LogP contribution in [0.4, 0.5) is 0 Å². The van der Waals surface area contributed by atoms with Crippen molar-refractivity contribution in [1.29, 1.82) is 0 Å². The Morgan fingerprint density at radius 3 is 2.38 bits per heavy atom. The van der Waals surface area contributed by atoms with Crippen LogP contribution in [0.1, 0.15) is 38.5 Å². The second-order valence-corrected chi connectivity index (χ2v) is 5.06. The number of nitrogens with one attached hydrogen (secondary N) is 1. The number of esters is 1. The zero-order valence-corrected chi connectivity index (χ0v) is 9.82. The van der Waals surface area contributed by atoms with Crippen molar-refractivity contribution >= 4 is 5.97 Å². The molecule has 2 fully saturated rings. The van der Waals surface area contributed by atoms with Gasteiger partial charge in [-0.25, -0.2) is 0 Å². The Hall–Kier alpha value is -0.610. The molecule has 0 atom stereocenters. The molecule has 0 amide bonds. The van der Waals surface area contributed by atoms with E-state index in [2.05, 4.69) is 5.32 Å². The van der Waals surface area contributed by atoms with Gasteiger partial charge in [0.15, 0.2) is 0 Å². The molecule has 2 aliphatic rings. The molecule has 0 radical (unpaired) electrons. The molecule has 0 aromatic carbocycles. The van der Waals surface area contributed by atoms with Gasteiger partial charge in [0.05, 0.1) is 19.1 Å². The van der Waals surface area contributed by atoms with E-state index < -0.39 is 0 Å². The van der Waals surface area contributed by atoms with Crippen molar-refractivity contribution in [1.82, 2.24) is 5.32 Å². The number of rotatable bonds is 3. The van der Waals surface area contributed by atoms with Gasteiger partial charge in [0.25, 0.3) is 0 Å². The predicted molar refractivity (Wildman–Crippen MR) is 59.9 cm³/mol. The molecular formula is C12H21NO3. The number of aliphatic hydroxyl groups is 1. The van der Waals surface area contributed by atoms with Crippen molar-refractivity contribution in [2.75, 3.05) is 7.11 Å². The zero-order chi connectivity index (χ0) is 11.5. The van der Waals surface area contributed by atoms with Crippen LogP contribution in [0.15, 0.2) is 0 Å². The second kappa shape index (κ2) is 5.15. The Morgan fingerprint density at radius 1 is 1.19 bits per heavy atom. The first kappa shape index (κ1) is 11.9. The van der Waals surface area contributed by atoms with E-state index in [1.807, 2.05) is 0 Å². The largest absolute Gasteiger partial charge is 0.469 e. The van der Waals surface area contributed by atoms with Crippen molar-refractivity contribution < 1.29 is 14.6 Å². The molecule has 0 bridgehead atoms. The van der Waals surface area contributed by atoms with Gasteiger partial charge in [0.1, 0.15) is 0 Å². The number of ether oxygens (including phenoxy) is 1. The maximum Gasteiger partial charge on any atom is 0.308 e. The lowest BCUT2D eigenvalue weighted by Crippen LogP contribution is -2.49. The van der Waals surface area contributed by atoms with E-state index in [1.165, 1.54) is 7.11 Å². The summed E-state index contributed by atoms with van der Waals surface area (Å²) < 4.78 is 4.71. The van der Waals surface area contributed by atoms with Crippen LogP contribution in [0.2, 0.25) is 0 Å². The summed E-state index contributed by atoms with van der Waals surface area (Å²) in [6.45, 7) is 0. The van der Waals surface area contributed by atoms with Crippen LogP contribution < -0.4 is 5.32 Å². The van der Waals surface area contributed by atoms with Crippen molar-refractivity contribution in [2.45, 2.75) is 56.7 Å². The molecule has 0 aromatic heterocycles. The minimum absolute atomic E-state index is 0.0721. The number of hydrogen-bond donors (Lipinski definition) is 2. The molecule has 0 saturated heterocycles. The summed E-state index contributed by atoms with van der Waals surface area (Å²) in [5, 5.41) is 13.0. The van der Waals surface area contributed by atoms with Crippen LogP contribution in [0.3, 0.4) is 0 Å². The molecule has 0 heterocycles. The minimum Gasteiger partial charge on any atom is -0.469 e. The topological polar surface area (TPSA) is 58.6 Å². The van der Waals surface area contributed by atoms with Crippen molar-refractivity contribution in [3.05, 3.63) is 0 Å². The van der Waals surface area contributed by atoms with Gasteiger partial charge in [0, 0.05) is 12.1 Å². The molecule has 0 unspecified atom stereocenters. The second-order valence-electron chi connectivity index (χ2n) is 5.06. The van der Waals surface area contributed by atoms with Crippen molar-refractivity contribution in [2.24, 2.45) is 5.92 Å². The van der Waals surface area contributed by atoms with Gasteiger partial charge in [-0.3, -0.25) is 4.79 Å². The number of carbonyl (C=O) groups excluding carboxylic acids is 1. The maximum absolute atomic E-state index is 11.2. The van der Waals surface area contributed by atoms with Gasteiger partial charge in [-0.1, -0.05) is 0 Å².